The minimum Gasteiger partial charge on any atom is -0.450 e. The van der Waals surface area contributed by atoms with E-state index in [0.717, 1.165) is 22.0 Å². The number of piperidine rings is 1. The quantitative estimate of drug-likeness (QED) is 0.809. The number of carbonyl (C=O) groups excluding carboxylic acids is 2. The van der Waals surface area contributed by atoms with E-state index in [1.807, 2.05) is 32.0 Å². The fourth-order valence-corrected chi connectivity index (χ4v) is 3.72. The van der Waals surface area contributed by atoms with Crippen LogP contribution in [0.25, 0.3) is 10.9 Å². The first-order valence-corrected chi connectivity index (χ1v) is 10.2. The molecule has 7 heteroatoms. The number of hydrogen-bond acceptors (Lipinski definition) is 4. The Morgan fingerprint density at radius 2 is 1.97 bits per heavy atom. The van der Waals surface area contributed by atoms with Crippen LogP contribution < -0.4 is 10.9 Å². The number of rotatable bonds is 5. The van der Waals surface area contributed by atoms with E-state index in [-0.39, 0.29) is 30.0 Å². The van der Waals surface area contributed by atoms with Crippen molar-refractivity contribution in [3.63, 3.8) is 0 Å². The zero-order valence-corrected chi connectivity index (χ0v) is 17.3. The highest BCUT2D eigenvalue weighted by Crippen LogP contribution is 2.19. The summed E-state index contributed by atoms with van der Waals surface area (Å²) in [5, 5.41) is 4.00. The lowest BCUT2D eigenvalue weighted by Crippen LogP contribution is -2.46. The molecular formula is C22H29N3O4. The van der Waals surface area contributed by atoms with Gasteiger partial charge in [-0.2, -0.15) is 0 Å². The van der Waals surface area contributed by atoms with Crippen LogP contribution in [0, 0.1) is 13.8 Å². The zero-order valence-electron chi connectivity index (χ0n) is 17.3. The fraction of sp³-hybridized carbons (Fsp3) is 0.500. The van der Waals surface area contributed by atoms with E-state index in [2.05, 4.69) is 10.3 Å². The van der Waals surface area contributed by atoms with Crippen molar-refractivity contribution >= 4 is 22.9 Å². The normalized spacial score (nSPS) is 14.8. The monoisotopic (exact) mass is 399 g/mol. The highest BCUT2D eigenvalue weighted by atomic mass is 16.6. The van der Waals surface area contributed by atoms with Crippen molar-refractivity contribution in [2.75, 3.05) is 19.7 Å². The number of pyridine rings is 1. The molecule has 0 aliphatic carbocycles. The smallest absolute Gasteiger partial charge is 0.409 e. The Hall–Kier alpha value is -2.83. The van der Waals surface area contributed by atoms with Crippen molar-refractivity contribution in [2.24, 2.45) is 0 Å². The number of hydrogen-bond donors (Lipinski definition) is 2. The molecule has 1 saturated heterocycles. The third-order valence-corrected chi connectivity index (χ3v) is 5.64. The number of aromatic amines is 1. The van der Waals surface area contributed by atoms with Gasteiger partial charge in [-0.1, -0.05) is 12.1 Å². The maximum absolute atomic E-state index is 12.4. The van der Waals surface area contributed by atoms with Crippen LogP contribution in [0.4, 0.5) is 4.79 Å². The second kappa shape index (κ2) is 9.11. The van der Waals surface area contributed by atoms with Gasteiger partial charge in [0, 0.05) is 31.1 Å². The molecule has 0 saturated carbocycles. The number of benzene rings is 1. The molecule has 0 atom stereocenters. The lowest BCUT2D eigenvalue weighted by molar-refractivity contribution is -0.122. The number of amides is 2. The van der Waals surface area contributed by atoms with Crippen LogP contribution in [0.15, 0.2) is 23.0 Å². The van der Waals surface area contributed by atoms with Crippen molar-refractivity contribution < 1.29 is 14.3 Å². The number of nitrogens with one attached hydrogen (secondary N) is 2. The Morgan fingerprint density at radius 3 is 2.66 bits per heavy atom. The minimum absolute atomic E-state index is 0.0497. The molecule has 0 spiro atoms. The molecule has 0 radical (unpaired) electrons. The van der Waals surface area contributed by atoms with Gasteiger partial charge in [0.2, 0.25) is 5.91 Å². The molecule has 1 fully saturated rings. The third-order valence-electron chi connectivity index (χ3n) is 5.64. The van der Waals surface area contributed by atoms with Crippen LogP contribution in [-0.4, -0.2) is 47.6 Å². The topological polar surface area (TPSA) is 91.5 Å². The largest absolute Gasteiger partial charge is 0.450 e. The number of carbonyl (C=O) groups is 2. The van der Waals surface area contributed by atoms with Crippen molar-refractivity contribution in [1.82, 2.24) is 15.2 Å². The second-order valence-electron chi connectivity index (χ2n) is 7.62. The number of nitrogens with zero attached hydrogens (tertiary/aromatic N) is 1. The Balaban J connectivity index is 1.54. The molecule has 2 N–H and O–H groups in total. The van der Waals surface area contributed by atoms with Gasteiger partial charge in [0.05, 0.1) is 12.1 Å². The number of ether oxygens (including phenoxy) is 1. The van der Waals surface area contributed by atoms with Crippen LogP contribution in [0.5, 0.6) is 0 Å². The first-order valence-electron chi connectivity index (χ1n) is 10.2. The van der Waals surface area contributed by atoms with Gasteiger partial charge >= 0.3 is 6.09 Å². The van der Waals surface area contributed by atoms with Crippen LogP contribution in [0.2, 0.25) is 0 Å². The molecule has 0 unspecified atom stereocenters. The molecule has 3 rings (SSSR count). The molecule has 1 aliphatic rings. The second-order valence-corrected chi connectivity index (χ2v) is 7.62. The number of fused-ring (bicyclic) bond motifs is 1. The predicted octanol–water partition coefficient (Wildman–Crippen LogP) is 2.81. The average Bonchev–Trinajstić information content (AvgIpc) is 2.70. The average molecular weight is 399 g/mol. The maximum Gasteiger partial charge on any atom is 0.409 e. The molecule has 1 aromatic heterocycles. The Morgan fingerprint density at radius 1 is 1.24 bits per heavy atom. The van der Waals surface area contributed by atoms with E-state index < -0.39 is 0 Å². The first-order chi connectivity index (χ1) is 13.9. The predicted molar refractivity (Wildman–Crippen MR) is 112 cm³/mol. The molecule has 1 aromatic carbocycles. The lowest BCUT2D eigenvalue weighted by atomic mass is 10.0. The van der Waals surface area contributed by atoms with E-state index in [1.165, 1.54) is 0 Å². The summed E-state index contributed by atoms with van der Waals surface area (Å²) >= 11 is 0. The Kier molecular flexibility index (Phi) is 6.56. The summed E-state index contributed by atoms with van der Waals surface area (Å²) in [7, 11) is 0. The van der Waals surface area contributed by atoms with E-state index in [4.69, 9.17) is 4.74 Å². The van der Waals surface area contributed by atoms with E-state index in [0.29, 0.717) is 44.5 Å². The molecule has 1 aliphatic heterocycles. The van der Waals surface area contributed by atoms with Gasteiger partial charge in [-0.3, -0.25) is 9.59 Å². The van der Waals surface area contributed by atoms with E-state index in [1.54, 1.807) is 11.8 Å². The number of aryl methyl sites for hydroxylation is 3. The van der Waals surface area contributed by atoms with Gasteiger partial charge in [-0.25, -0.2) is 4.79 Å². The SMILES string of the molecule is CCOC(=O)N1CCC(NC(=O)CCc2cc3ccc(C)c(C)c3[nH]c2=O)CC1. The van der Waals surface area contributed by atoms with Gasteiger partial charge in [-0.05, 0) is 62.6 Å². The molecular weight excluding hydrogens is 370 g/mol. The van der Waals surface area contributed by atoms with Crippen LogP contribution in [-0.2, 0) is 16.0 Å². The van der Waals surface area contributed by atoms with Crippen molar-refractivity contribution in [1.29, 1.82) is 0 Å². The van der Waals surface area contributed by atoms with Crippen molar-refractivity contribution in [2.45, 2.75) is 52.5 Å². The summed E-state index contributed by atoms with van der Waals surface area (Å²) < 4.78 is 5.01. The van der Waals surface area contributed by atoms with Crippen LogP contribution in [0.1, 0.15) is 42.9 Å². The van der Waals surface area contributed by atoms with Gasteiger partial charge in [0.25, 0.3) is 5.56 Å². The summed E-state index contributed by atoms with van der Waals surface area (Å²) in [5.74, 6) is -0.0702. The fourth-order valence-electron chi connectivity index (χ4n) is 3.72. The van der Waals surface area contributed by atoms with Gasteiger partial charge < -0.3 is 19.9 Å². The van der Waals surface area contributed by atoms with Gasteiger partial charge in [0.1, 0.15) is 0 Å². The van der Waals surface area contributed by atoms with Crippen LogP contribution >= 0.6 is 0 Å². The first kappa shape index (κ1) is 20.9. The summed E-state index contributed by atoms with van der Waals surface area (Å²) in [6, 6.07) is 5.96. The summed E-state index contributed by atoms with van der Waals surface area (Å²) in [6.45, 7) is 7.31. The lowest BCUT2D eigenvalue weighted by Gasteiger charge is -2.31. The number of H-pyrrole nitrogens is 1. The molecule has 2 aromatic rings. The van der Waals surface area contributed by atoms with Gasteiger partial charge in [0.15, 0.2) is 0 Å². The van der Waals surface area contributed by atoms with Crippen molar-refractivity contribution in [3.05, 3.63) is 45.2 Å². The standard InChI is InChI=1S/C22H29N3O4/c1-4-29-22(28)25-11-9-18(10-12-25)23-19(26)8-7-17-13-16-6-5-14(2)15(3)20(16)24-21(17)27/h5-6,13,18H,4,7-12H2,1-3H3,(H,23,26)(H,24,27). The number of aromatic nitrogens is 1. The highest BCUT2D eigenvalue weighted by Gasteiger charge is 2.24. The van der Waals surface area contributed by atoms with E-state index >= 15 is 0 Å². The zero-order chi connectivity index (χ0) is 21.0. The molecule has 0 bridgehead atoms. The van der Waals surface area contributed by atoms with Crippen molar-refractivity contribution in [3.8, 4) is 0 Å². The Labute approximate surface area is 170 Å². The summed E-state index contributed by atoms with van der Waals surface area (Å²) in [5.41, 5.74) is 3.54. The summed E-state index contributed by atoms with van der Waals surface area (Å²) in [6.07, 6.45) is 1.78. The van der Waals surface area contributed by atoms with E-state index in [9.17, 15) is 14.4 Å². The molecule has 7 nitrogen and oxygen atoms in total. The molecule has 2 heterocycles. The third kappa shape index (κ3) is 4.96. The maximum atomic E-state index is 12.4. The summed E-state index contributed by atoms with van der Waals surface area (Å²) in [4.78, 5) is 41.1. The Bertz CT molecular complexity index is 958. The number of likely N-dealkylation sites (tertiary alicyclic amines) is 1. The highest BCUT2D eigenvalue weighted by molar-refractivity contribution is 5.83. The molecule has 156 valence electrons. The van der Waals surface area contributed by atoms with Gasteiger partial charge in [-0.15, -0.1) is 0 Å². The molecule has 29 heavy (non-hydrogen) atoms. The minimum atomic E-state index is -0.293. The van der Waals surface area contributed by atoms with Crippen LogP contribution in [0.3, 0.4) is 0 Å². The molecule has 2 amide bonds.